The van der Waals surface area contributed by atoms with Crippen molar-refractivity contribution in [1.29, 1.82) is 0 Å². The Morgan fingerprint density at radius 3 is 2.38 bits per heavy atom. The molecule has 0 atom stereocenters. The lowest BCUT2D eigenvalue weighted by Crippen LogP contribution is -2.33. The number of carbonyl (C=O) groups excluding carboxylic acids is 1. The van der Waals surface area contributed by atoms with E-state index in [2.05, 4.69) is 70.0 Å². The smallest absolute Gasteiger partial charge is 0.223 e. The van der Waals surface area contributed by atoms with Crippen LogP contribution in [0, 0.1) is 5.92 Å². The fraction of sp³-hybridized carbons (Fsp3) is 0.485. The van der Waals surface area contributed by atoms with E-state index in [1.807, 2.05) is 11.3 Å². The molecule has 1 saturated carbocycles. The molecule has 2 aromatic heterocycles. The van der Waals surface area contributed by atoms with Crippen LogP contribution in [0.25, 0.3) is 20.2 Å². The maximum atomic E-state index is 12.5. The second-order valence-electron chi connectivity index (χ2n) is 10.9. The fourth-order valence-corrected chi connectivity index (χ4v) is 7.53. The van der Waals surface area contributed by atoms with E-state index in [-0.39, 0.29) is 11.8 Å². The highest BCUT2D eigenvalue weighted by atomic mass is 32.1. The zero-order chi connectivity index (χ0) is 27.6. The molecule has 0 spiro atoms. The highest BCUT2D eigenvalue weighted by Crippen LogP contribution is 2.31. The minimum atomic E-state index is 0.220. The number of benzene rings is 2. The molecule has 0 aliphatic heterocycles. The van der Waals surface area contributed by atoms with Crippen LogP contribution in [0.5, 0.6) is 5.75 Å². The van der Waals surface area contributed by atoms with E-state index in [4.69, 9.17) is 4.74 Å². The average molecular weight is 578 g/mol. The van der Waals surface area contributed by atoms with Crippen molar-refractivity contribution in [2.45, 2.75) is 64.7 Å². The van der Waals surface area contributed by atoms with Crippen LogP contribution in [0.4, 0.5) is 5.69 Å². The van der Waals surface area contributed by atoms with Gasteiger partial charge >= 0.3 is 0 Å². The maximum Gasteiger partial charge on any atom is 0.223 e. The quantitative estimate of drug-likeness (QED) is 0.126. The molecule has 0 bridgehead atoms. The molecule has 4 aromatic rings. The monoisotopic (exact) mass is 577 g/mol. The summed E-state index contributed by atoms with van der Waals surface area (Å²) in [6, 6.07) is 13.0. The average Bonchev–Trinajstić information content (AvgIpc) is 3.59. The van der Waals surface area contributed by atoms with E-state index >= 15 is 0 Å². The van der Waals surface area contributed by atoms with Gasteiger partial charge in [-0.3, -0.25) is 4.79 Å². The molecule has 1 amide bonds. The van der Waals surface area contributed by atoms with Gasteiger partial charge in [-0.2, -0.15) is 0 Å². The number of rotatable bonds is 15. The summed E-state index contributed by atoms with van der Waals surface area (Å²) in [5, 5.41) is 17.4. The van der Waals surface area contributed by atoms with Crippen molar-refractivity contribution in [3.8, 4) is 5.75 Å². The summed E-state index contributed by atoms with van der Waals surface area (Å²) in [4.78, 5) is 12.5. The molecule has 0 unspecified atom stereocenters. The summed E-state index contributed by atoms with van der Waals surface area (Å²) in [5.74, 6) is 1.40. The fourth-order valence-electron chi connectivity index (χ4n) is 5.57. The van der Waals surface area contributed by atoms with E-state index in [9.17, 15) is 4.79 Å². The van der Waals surface area contributed by atoms with Crippen LogP contribution < -0.4 is 20.7 Å². The minimum absolute atomic E-state index is 0.220. The number of ether oxygens (including phenoxy) is 1. The third kappa shape index (κ3) is 7.77. The predicted molar refractivity (Wildman–Crippen MR) is 172 cm³/mol. The van der Waals surface area contributed by atoms with Gasteiger partial charge in [0.2, 0.25) is 5.91 Å². The number of amides is 1. The molecule has 0 radical (unpaired) electrons. The van der Waals surface area contributed by atoms with Gasteiger partial charge in [-0.15, -0.1) is 22.7 Å². The lowest BCUT2D eigenvalue weighted by atomic mass is 9.88. The first-order chi connectivity index (χ1) is 19.7. The molecular weight excluding hydrogens is 535 g/mol. The Bertz CT molecular complexity index is 1370. The van der Waals surface area contributed by atoms with Gasteiger partial charge in [0.05, 0.1) is 0 Å². The van der Waals surface area contributed by atoms with Gasteiger partial charge in [0, 0.05) is 34.1 Å². The predicted octanol–water partition coefficient (Wildman–Crippen LogP) is 7.78. The first-order valence-corrected chi connectivity index (χ1v) is 16.8. The highest BCUT2D eigenvalue weighted by molar-refractivity contribution is 7.17. The number of anilines is 1. The molecule has 3 N–H and O–H groups in total. The minimum Gasteiger partial charge on any atom is -0.492 e. The molecule has 40 heavy (non-hydrogen) atoms. The number of hydrogen-bond donors (Lipinski definition) is 3. The van der Waals surface area contributed by atoms with Crippen molar-refractivity contribution in [2.24, 2.45) is 5.92 Å². The van der Waals surface area contributed by atoms with E-state index in [1.54, 1.807) is 11.3 Å². The summed E-state index contributed by atoms with van der Waals surface area (Å²) in [7, 11) is 0. The molecule has 5 rings (SSSR count). The number of thiophene rings is 2. The Kier molecular flexibility index (Phi) is 10.7. The number of carbonyl (C=O) groups is 1. The van der Waals surface area contributed by atoms with Gasteiger partial charge in [0.25, 0.3) is 0 Å². The first-order valence-electron chi connectivity index (χ1n) is 15.1. The normalized spacial score (nSPS) is 14.1. The number of nitrogens with one attached hydrogen (secondary N) is 3. The van der Waals surface area contributed by atoms with E-state index < -0.39 is 0 Å². The second kappa shape index (κ2) is 14.9. The van der Waals surface area contributed by atoms with Crippen LogP contribution in [-0.2, 0) is 17.6 Å². The van der Waals surface area contributed by atoms with Crippen LogP contribution in [0.15, 0.2) is 47.2 Å². The van der Waals surface area contributed by atoms with Crippen LogP contribution in [-0.4, -0.2) is 38.7 Å². The lowest BCUT2D eigenvalue weighted by Gasteiger charge is -2.20. The topological polar surface area (TPSA) is 62.4 Å². The molecule has 2 aromatic carbocycles. The summed E-state index contributed by atoms with van der Waals surface area (Å²) in [6.07, 6.45) is 10.1. The summed E-state index contributed by atoms with van der Waals surface area (Å²) in [6.45, 7) is 6.39. The summed E-state index contributed by atoms with van der Waals surface area (Å²) in [5.41, 5.74) is 3.82. The Balaban J connectivity index is 1.09. The first kappa shape index (κ1) is 28.9. The number of fused-ring (bicyclic) bond motifs is 2. The largest absolute Gasteiger partial charge is 0.492 e. The van der Waals surface area contributed by atoms with Gasteiger partial charge in [-0.25, -0.2) is 0 Å². The Morgan fingerprint density at radius 2 is 1.60 bits per heavy atom. The molecule has 1 fully saturated rings. The second-order valence-corrected chi connectivity index (χ2v) is 12.7. The molecule has 2 heterocycles. The Labute approximate surface area is 246 Å². The number of unbranched alkanes of at least 4 members (excludes halogenated alkanes) is 1. The van der Waals surface area contributed by atoms with Crippen LogP contribution in [0.3, 0.4) is 0 Å². The molecule has 1 aliphatic carbocycles. The molecule has 0 saturated heterocycles. The van der Waals surface area contributed by atoms with Crippen molar-refractivity contribution in [3.05, 3.63) is 58.3 Å². The van der Waals surface area contributed by atoms with Gasteiger partial charge in [0.1, 0.15) is 12.4 Å². The van der Waals surface area contributed by atoms with Crippen LogP contribution in [0.2, 0.25) is 0 Å². The standard InChI is InChI=1S/C33H43N3O2S2/c1-2-3-15-34-16-13-25-22-40-32-12-10-28(21-30(25)32)38-19-18-35-27-9-11-31-29(20-27)26(23-39-31)14-17-36-33(37)24-7-5-4-6-8-24/h9-12,20-24,34-35H,2-8,13-19H2,1H3,(H,36,37). The van der Waals surface area contributed by atoms with E-state index in [0.29, 0.717) is 13.2 Å². The lowest BCUT2D eigenvalue weighted by molar-refractivity contribution is -0.125. The third-order valence-electron chi connectivity index (χ3n) is 7.93. The van der Waals surface area contributed by atoms with Gasteiger partial charge in [-0.05, 0) is 114 Å². The van der Waals surface area contributed by atoms with Crippen LogP contribution in [0.1, 0.15) is 63.0 Å². The highest BCUT2D eigenvalue weighted by Gasteiger charge is 2.20. The Hall–Kier alpha value is -2.61. The Morgan fingerprint density at radius 1 is 0.875 bits per heavy atom. The van der Waals surface area contributed by atoms with Gasteiger partial charge in [-0.1, -0.05) is 32.6 Å². The maximum absolute atomic E-state index is 12.5. The zero-order valence-corrected chi connectivity index (χ0v) is 25.4. The summed E-state index contributed by atoms with van der Waals surface area (Å²) >= 11 is 3.59. The van der Waals surface area contributed by atoms with Crippen molar-refractivity contribution in [3.63, 3.8) is 0 Å². The molecule has 7 heteroatoms. The van der Waals surface area contributed by atoms with E-state index in [1.165, 1.54) is 63.4 Å². The van der Waals surface area contributed by atoms with Crippen molar-refractivity contribution in [1.82, 2.24) is 10.6 Å². The van der Waals surface area contributed by atoms with Gasteiger partial charge < -0.3 is 20.7 Å². The van der Waals surface area contributed by atoms with Crippen molar-refractivity contribution < 1.29 is 9.53 Å². The zero-order valence-electron chi connectivity index (χ0n) is 23.7. The van der Waals surface area contributed by atoms with Gasteiger partial charge in [0.15, 0.2) is 0 Å². The van der Waals surface area contributed by atoms with E-state index in [0.717, 1.165) is 56.8 Å². The summed E-state index contributed by atoms with van der Waals surface area (Å²) < 4.78 is 8.74. The third-order valence-corrected chi connectivity index (χ3v) is 9.95. The molecule has 5 nitrogen and oxygen atoms in total. The van der Waals surface area contributed by atoms with Crippen molar-refractivity contribution in [2.75, 3.05) is 38.1 Å². The molecular formula is C33H43N3O2S2. The molecule has 214 valence electrons. The SMILES string of the molecule is CCCCNCCc1csc2ccc(OCCNc3ccc4scc(CCNC(=O)C5CCCCC5)c4c3)cc12. The van der Waals surface area contributed by atoms with Crippen molar-refractivity contribution >= 4 is 54.4 Å². The molecule has 1 aliphatic rings. The number of hydrogen-bond acceptors (Lipinski definition) is 6. The van der Waals surface area contributed by atoms with Crippen LogP contribution >= 0.6 is 22.7 Å².